The molecule has 90 valence electrons. The molecule has 0 saturated heterocycles. The highest BCUT2D eigenvalue weighted by Gasteiger charge is 2.38. The van der Waals surface area contributed by atoms with Gasteiger partial charge in [-0.2, -0.15) is 0 Å². The van der Waals surface area contributed by atoms with Gasteiger partial charge < -0.3 is 9.73 Å². The Balaban J connectivity index is 2.07. The lowest BCUT2D eigenvalue weighted by Gasteiger charge is -2.42. The predicted octanol–water partition coefficient (Wildman–Crippen LogP) is 1.76. The zero-order chi connectivity index (χ0) is 11.9. The van der Waals surface area contributed by atoms with Gasteiger partial charge in [0.05, 0.1) is 5.52 Å². The molecule has 1 aromatic carbocycles. The van der Waals surface area contributed by atoms with Crippen molar-refractivity contribution in [3.8, 4) is 0 Å². The SMILES string of the molecule is CNCC1(c2ccc3oc(=O)[nH]c3c2)CCC1. The van der Waals surface area contributed by atoms with Gasteiger partial charge in [0.15, 0.2) is 5.58 Å². The Labute approximate surface area is 99.0 Å². The minimum absolute atomic E-state index is 0.247. The van der Waals surface area contributed by atoms with Gasteiger partial charge in [-0.25, -0.2) is 4.79 Å². The molecular formula is C13H16N2O2. The van der Waals surface area contributed by atoms with E-state index in [4.69, 9.17) is 4.42 Å². The van der Waals surface area contributed by atoms with Crippen LogP contribution in [-0.4, -0.2) is 18.6 Å². The van der Waals surface area contributed by atoms with Crippen molar-refractivity contribution in [3.05, 3.63) is 34.3 Å². The van der Waals surface area contributed by atoms with Crippen molar-refractivity contribution in [2.45, 2.75) is 24.7 Å². The highest BCUT2D eigenvalue weighted by atomic mass is 16.4. The third kappa shape index (κ3) is 1.60. The molecule has 0 radical (unpaired) electrons. The fourth-order valence-electron chi connectivity index (χ4n) is 2.79. The number of likely N-dealkylation sites (N-methyl/N-ethyl adjacent to an activating group) is 1. The van der Waals surface area contributed by atoms with Crippen LogP contribution in [0.4, 0.5) is 0 Å². The first kappa shape index (κ1) is 10.6. The van der Waals surface area contributed by atoms with Crippen molar-refractivity contribution in [2.75, 3.05) is 13.6 Å². The lowest BCUT2D eigenvalue weighted by molar-refractivity contribution is 0.239. The van der Waals surface area contributed by atoms with Crippen LogP contribution in [0.15, 0.2) is 27.4 Å². The molecule has 0 aliphatic heterocycles. The van der Waals surface area contributed by atoms with E-state index in [-0.39, 0.29) is 11.2 Å². The van der Waals surface area contributed by atoms with Gasteiger partial charge in [-0.3, -0.25) is 4.98 Å². The molecule has 0 spiro atoms. The van der Waals surface area contributed by atoms with Crippen molar-refractivity contribution in [1.29, 1.82) is 0 Å². The maximum Gasteiger partial charge on any atom is 0.417 e. The van der Waals surface area contributed by atoms with Crippen molar-refractivity contribution in [1.82, 2.24) is 10.3 Å². The first-order valence-corrected chi connectivity index (χ1v) is 6.01. The van der Waals surface area contributed by atoms with E-state index >= 15 is 0 Å². The Bertz CT molecular complexity index is 593. The summed E-state index contributed by atoms with van der Waals surface area (Å²) in [4.78, 5) is 13.8. The number of oxazole rings is 1. The van der Waals surface area contributed by atoms with Crippen LogP contribution in [0.3, 0.4) is 0 Å². The summed E-state index contributed by atoms with van der Waals surface area (Å²) in [5.41, 5.74) is 2.98. The second kappa shape index (κ2) is 3.74. The van der Waals surface area contributed by atoms with E-state index in [9.17, 15) is 4.79 Å². The Hall–Kier alpha value is -1.55. The number of H-pyrrole nitrogens is 1. The van der Waals surface area contributed by atoms with Crippen LogP contribution in [0, 0.1) is 0 Å². The highest BCUT2D eigenvalue weighted by Crippen LogP contribution is 2.43. The summed E-state index contributed by atoms with van der Waals surface area (Å²) in [6, 6.07) is 6.02. The number of fused-ring (bicyclic) bond motifs is 1. The van der Waals surface area contributed by atoms with Gasteiger partial charge in [0.1, 0.15) is 0 Å². The number of hydrogen-bond acceptors (Lipinski definition) is 3. The largest absolute Gasteiger partial charge is 0.417 e. The molecule has 2 N–H and O–H groups in total. The molecular weight excluding hydrogens is 216 g/mol. The van der Waals surface area contributed by atoms with Crippen LogP contribution in [-0.2, 0) is 5.41 Å². The molecule has 4 heteroatoms. The quantitative estimate of drug-likeness (QED) is 0.847. The molecule has 0 atom stereocenters. The molecule has 1 heterocycles. The minimum Gasteiger partial charge on any atom is -0.408 e. The molecule has 1 fully saturated rings. The summed E-state index contributed by atoms with van der Waals surface area (Å²) in [5, 5.41) is 3.27. The molecule has 1 aromatic heterocycles. The van der Waals surface area contributed by atoms with Gasteiger partial charge >= 0.3 is 5.76 Å². The molecule has 0 unspecified atom stereocenters. The first-order valence-electron chi connectivity index (χ1n) is 6.01. The number of nitrogens with one attached hydrogen (secondary N) is 2. The normalized spacial score (nSPS) is 18.2. The summed E-state index contributed by atoms with van der Waals surface area (Å²) in [7, 11) is 1.98. The molecule has 1 saturated carbocycles. The Kier molecular flexibility index (Phi) is 2.33. The third-order valence-corrected chi connectivity index (χ3v) is 3.86. The lowest BCUT2D eigenvalue weighted by atomic mass is 9.64. The topological polar surface area (TPSA) is 58.0 Å². The molecule has 4 nitrogen and oxygen atoms in total. The predicted molar refractivity (Wildman–Crippen MR) is 66.3 cm³/mol. The van der Waals surface area contributed by atoms with Crippen molar-refractivity contribution in [3.63, 3.8) is 0 Å². The fraction of sp³-hybridized carbons (Fsp3) is 0.462. The Morgan fingerprint density at radius 2 is 2.29 bits per heavy atom. The molecule has 17 heavy (non-hydrogen) atoms. The van der Waals surface area contributed by atoms with Gasteiger partial charge in [0.2, 0.25) is 0 Å². The molecule has 1 aliphatic rings. The zero-order valence-corrected chi connectivity index (χ0v) is 9.88. The first-order chi connectivity index (χ1) is 8.23. The maximum absolute atomic E-state index is 11.1. The van der Waals surface area contributed by atoms with E-state index in [0.29, 0.717) is 5.58 Å². The molecule has 2 aromatic rings. The number of benzene rings is 1. The van der Waals surface area contributed by atoms with Crippen molar-refractivity contribution >= 4 is 11.1 Å². The van der Waals surface area contributed by atoms with Crippen LogP contribution < -0.4 is 11.1 Å². The standard InChI is InChI=1S/C13H16N2O2/c1-14-8-13(5-2-6-13)9-3-4-11-10(7-9)15-12(16)17-11/h3-4,7,14H,2,5-6,8H2,1H3,(H,15,16). The molecule has 0 bridgehead atoms. The summed E-state index contributed by atoms with van der Waals surface area (Å²) < 4.78 is 5.02. The smallest absolute Gasteiger partial charge is 0.408 e. The van der Waals surface area contributed by atoms with Crippen molar-refractivity contribution < 1.29 is 4.42 Å². The molecule has 0 amide bonds. The number of rotatable bonds is 3. The van der Waals surface area contributed by atoms with E-state index in [2.05, 4.69) is 22.4 Å². The zero-order valence-electron chi connectivity index (χ0n) is 9.88. The second-order valence-corrected chi connectivity index (χ2v) is 4.89. The lowest BCUT2D eigenvalue weighted by Crippen LogP contribution is -2.42. The second-order valence-electron chi connectivity index (χ2n) is 4.89. The Morgan fingerprint density at radius 3 is 2.94 bits per heavy atom. The minimum atomic E-state index is -0.381. The van der Waals surface area contributed by atoms with Gasteiger partial charge in [-0.1, -0.05) is 12.5 Å². The summed E-state index contributed by atoms with van der Waals surface area (Å²) in [6.45, 7) is 0.987. The van der Waals surface area contributed by atoms with Gasteiger partial charge in [-0.15, -0.1) is 0 Å². The van der Waals surface area contributed by atoms with Gasteiger partial charge in [-0.05, 0) is 37.6 Å². The van der Waals surface area contributed by atoms with Crippen LogP contribution in [0.25, 0.3) is 11.1 Å². The van der Waals surface area contributed by atoms with Gasteiger partial charge in [0, 0.05) is 12.0 Å². The monoisotopic (exact) mass is 232 g/mol. The summed E-state index contributed by atoms with van der Waals surface area (Å²) in [6.07, 6.45) is 3.70. The van der Waals surface area contributed by atoms with E-state index in [1.165, 1.54) is 24.8 Å². The number of aromatic nitrogens is 1. The van der Waals surface area contributed by atoms with Crippen LogP contribution in [0.2, 0.25) is 0 Å². The summed E-state index contributed by atoms with van der Waals surface area (Å²) in [5.74, 6) is -0.381. The summed E-state index contributed by atoms with van der Waals surface area (Å²) >= 11 is 0. The number of hydrogen-bond donors (Lipinski definition) is 2. The van der Waals surface area contributed by atoms with E-state index in [0.717, 1.165) is 12.1 Å². The molecule has 3 rings (SSSR count). The van der Waals surface area contributed by atoms with Crippen LogP contribution in [0.5, 0.6) is 0 Å². The van der Waals surface area contributed by atoms with Crippen LogP contribution >= 0.6 is 0 Å². The third-order valence-electron chi connectivity index (χ3n) is 3.86. The number of aromatic amines is 1. The van der Waals surface area contributed by atoms with Crippen molar-refractivity contribution in [2.24, 2.45) is 0 Å². The van der Waals surface area contributed by atoms with E-state index < -0.39 is 0 Å². The highest BCUT2D eigenvalue weighted by molar-refractivity contribution is 5.73. The fourth-order valence-corrected chi connectivity index (χ4v) is 2.79. The average molecular weight is 232 g/mol. The van der Waals surface area contributed by atoms with E-state index in [1.807, 2.05) is 13.1 Å². The van der Waals surface area contributed by atoms with Crippen LogP contribution in [0.1, 0.15) is 24.8 Å². The maximum atomic E-state index is 11.1. The molecule has 1 aliphatic carbocycles. The van der Waals surface area contributed by atoms with E-state index in [1.54, 1.807) is 0 Å². The Morgan fingerprint density at radius 1 is 1.47 bits per heavy atom. The van der Waals surface area contributed by atoms with Gasteiger partial charge in [0.25, 0.3) is 0 Å². The average Bonchev–Trinajstić information content (AvgIpc) is 2.62.